The molecule has 1 heterocycles. The smallest absolute Gasteiger partial charge is 0.277 e. The van der Waals surface area contributed by atoms with Gasteiger partial charge in [-0.2, -0.15) is 16.4 Å². The minimum absolute atomic E-state index is 0.0517. The van der Waals surface area contributed by atoms with Crippen molar-refractivity contribution in [1.29, 1.82) is 0 Å². The Labute approximate surface area is 122 Å². The molecule has 5 heteroatoms. The maximum atomic E-state index is 11.6. The number of nitrogens with zero attached hydrogens (tertiary/aromatic N) is 1. The summed E-state index contributed by atoms with van der Waals surface area (Å²) >= 11 is 1.58. The lowest BCUT2D eigenvalue weighted by molar-refractivity contribution is -0.123. The second kappa shape index (κ2) is 6.86. The Hall–Kier alpha value is -2.14. The zero-order valence-corrected chi connectivity index (χ0v) is 12.2. The van der Waals surface area contributed by atoms with Crippen molar-refractivity contribution in [3.63, 3.8) is 0 Å². The van der Waals surface area contributed by atoms with Crippen molar-refractivity contribution in [3.05, 3.63) is 51.7 Å². The SMILES string of the molecule is Cc1cc(C)cc(OCC(=O)N/N=C\c2ccsc2)c1. The molecule has 0 saturated heterocycles. The van der Waals surface area contributed by atoms with E-state index in [0.29, 0.717) is 5.75 Å². The third-order valence-corrected chi connectivity index (χ3v) is 3.21. The van der Waals surface area contributed by atoms with Gasteiger partial charge in [-0.25, -0.2) is 5.43 Å². The average Bonchev–Trinajstić information content (AvgIpc) is 2.88. The van der Waals surface area contributed by atoms with Crippen LogP contribution in [0.2, 0.25) is 0 Å². The number of rotatable bonds is 5. The number of benzene rings is 1. The summed E-state index contributed by atoms with van der Waals surface area (Å²) in [6.07, 6.45) is 1.60. The second-order valence-corrected chi connectivity index (χ2v) is 5.24. The summed E-state index contributed by atoms with van der Waals surface area (Å²) in [6, 6.07) is 7.77. The number of hydrogen-bond acceptors (Lipinski definition) is 4. The molecule has 104 valence electrons. The lowest BCUT2D eigenvalue weighted by Gasteiger charge is -2.07. The van der Waals surface area contributed by atoms with Crippen LogP contribution in [0.4, 0.5) is 0 Å². The van der Waals surface area contributed by atoms with Crippen molar-refractivity contribution in [1.82, 2.24) is 5.43 Å². The van der Waals surface area contributed by atoms with Crippen LogP contribution in [0.25, 0.3) is 0 Å². The van der Waals surface area contributed by atoms with Gasteiger partial charge in [-0.3, -0.25) is 4.79 Å². The molecule has 2 rings (SSSR count). The molecule has 0 aliphatic heterocycles. The fraction of sp³-hybridized carbons (Fsp3) is 0.200. The van der Waals surface area contributed by atoms with E-state index < -0.39 is 0 Å². The topological polar surface area (TPSA) is 50.7 Å². The summed E-state index contributed by atoms with van der Waals surface area (Å²) < 4.78 is 5.43. The van der Waals surface area contributed by atoms with Crippen LogP contribution in [-0.2, 0) is 4.79 Å². The Morgan fingerprint density at radius 1 is 1.35 bits per heavy atom. The first kappa shape index (κ1) is 14.3. The number of amides is 1. The molecule has 0 atom stereocenters. The third-order valence-electron chi connectivity index (χ3n) is 2.51. The normalized spacial score (nSPS) is 10.7. The van der Waals surface area contributed by atoms with Crippen LogP contribution in [-0.4, -0.2) is 18.7 Å². The lowest BCUT2D eigenvalue weighted by atomic mass is 10.1. The minimum Gasteiger partial charge on any atom is -0.484 e. The molecule has 1 aromatic heterocycles. The number of hydrazone groups is 1. The Bertz CT molecular complexity index is 586. The highest BCUT2D eigenvalue weighted by Gasteiger charge is 2.02. The van der Waals surface area contributed by atoms with Crippen molar-refractivity contribution in [2.45, 2.75) is 13.8 Å². The molecular weight excluding hydrogens is 272 g/mol. The third kappa shape index (κ3) is 4.51. The molecule has 2 aromatic rings. The van der Waals surface area contributed by atoms with Crippen LogP contribution in [0.15, 0.2) is 40.1 Å². The molecule has 0 bridgehead atoms. The molecule has 1 N–H and O–H groups in total. The van der Waals surface area contributed by atoms with Gasteiger partial charge in [0.25, 0.3) is 5.91 Å². The average molecular weight is 288 g/mol. The van der Waals surface area contributed by atoms with Crippen LogP contribution in [0.5, 0.6) is 5.75 Å². The number of carbonyl (C=O) groups is 1. The number of aryl methyl sites for hydroxylation is 2. The van der Waals surface area contributed by atoms with Crippen molar-refractivity contribution >= 4 is 23.5 Å². The van der Waals surface area contributed by atoms with Crippen LogP contribution in [0.3, 0.4) is 0 Å². The van der Waals surface area contributed by atoms with Gasteiger partial charge in [0.2, 0.25) is 0 Å². The van der Waals surface area contributed by atoms with Gasteiger partial charge in [-0.05, 0) is 53.9 Å². The van der Waals surface area contributed by atoms with Crippen molar-refractivity contribution in [2.24, 2.45) is 5.10 Å². The highest BCUT2D eigenvalue weighted by Crippen LogP contribution is 2.15. The Morgan fingerprint density at radius 2 is 2.10 bits per heavy atom. The van der Waals surface area contributed by atoms with Gasteiger partial charge in [0, 0.05) is 5.56 Å². The Morgan fingerprint density at radius 3 is 2.75 bits per heavy atom. The molecule has 20 heavy (non-hydrogen) atoms. The maximum absolute atomic E-state index is 11.6. The molecule has 0 saturated carbocycles. The van der Waals surface area contributed by atoms with E-state index >= 15 is 0 Å². The molecule has 0 spiro atoms. The van der Waals surface area contributed by atoms with Crippen molar-refractivity contribution in [2.75, 3.05) is 6.61 Å². The zero-order chi connectivity index (χ0) is 14.4. The van der Waals surface area contributed by atoms with Crippen LogP contribution in [0, 0.1) is 13.8 Å². The van der Waals surface area contributed by atoms with Gasteiger partial charge in [0.15, 0.2) is 6.61 Å². The molecule has 1 aromatic carbocycles. The van der Waals surface area contributed by atoms with E-state index in [4.69, 9.17) is 4.74 Å². The van der Waals surface area contributed by atoms with Gasteiger partial charge < -0.3 is 4.74 Å². The summed E-state index contributed by atoms with van der Waals surface area (Å²) in [5.41, 5.74) is 5.61. The fourth-order valence-electron chi connectivity index (χ4n) is 1.72. The quantitative estimate of drug-likeness (QED) is 0.679. The lowest BCUT2D eigenvalue weighted by Crippen LogP contribution is -2.24. The van der Waals surface area contributed by atoms with E-state index in [2.05, 4.69) is 16.6 Å². The summed E-state index contributed by atoms with van der Waals surface area (Å²) in [5, 5.41) is 7.76. The van der Waals surface area contributed by atoms with Crippen LogP contribution >= 0.6 is 11.3 Å². The highest BCUT2D eigenvalue weighted by molar-refractivity contribution is 7.08. The van der Waals surface area contributed by atoms with Gasteiger partial charge in [-0.1, -0.05) is 6.07 Å². The molecular formula is C15H16N2O2S. The number of nitrogens with one attached hydrogen (secondary N) is 1. The Balaban J connectivity index is 1.80. The van der Waals surface area contributed by atoms with E-state index in [0.717, 1.165) is 16.7 Å². The first-order valence-electron chi connectivity index (χ1n) is 6.19. The van der Waals surface area contributed by atoms with Gasteiger partial charge in [0.05, 0.1) is 6.21 Å². The monoisotopic (exact) mass is 288 g/mol. The largest absolute Gasteiger partial charge is 0.484 e. The molecule has 0 radical (unpaired) electrons. The van der Waals surface area contributed by atoms with Crippen molar-refractivity contribution in [3.8, 4) is 5.75 Å². The molecule has 0 unspecified atom stereocenters. The predicted molar refractivity (Wildman–Crippen MR) is 81.5 cm³/mol. The first-order chi connectivity index (χ1) is 9.63. The van der Waals surface area contributed by atoms with Crippen LogP contribution < -0.4 is 10.2 Å². The van der Waals surface area contributed by atoms with Gasteiger partial charge >= 0.3 is 0 Å². The van der Waals surface area contributed by atoms with E-state index in [1.54, 1.807) is 17.6 Å². The van der Waals surface area contributed by atoms with E-state index in [1.807, 2.05) is 42.8 Å². The first-order valence-corrected chi connectivity index (χ1v) is 7.13. The molecule has 0 aliphatic rings. The van der Waals surface area contributed by atoms with E-state index in [1.165, 1.54) is 0 Å². The summed E-state index contributed by atoms with van der Waals surface area (Å²) in [5.74, 6) is 0.412. The summed E-state index contributed by atoms with van der Waals surface area (Å²) in [4.78, 5) is 11.6. The van der Waals surface area contributed by atoms with Gasteiger partial charge in [0.1, 0.15) is 5.75 Å². The Kier molecular flexibility index (Phi) is 4.90. The number of hydrogen-bond donors (Lipinski definition) is 1. The highest BCUT2D eigenvalue weighted by atomic mass is 32.1. The predicted octanol–water partition coefficient (Wildman–Crippen LogP) is 2.89. The minimum atomic E-state index is -0.282. The summed E-state index contributed by atoms with van der Waals surface area (Å²) in [7, 11) is 0. The second-order valence-electron chi connectivity index (χ2n) is 4.46. The molecule has 4 nitrogen and oxygen atoms in total. The number of carbonyl (C=O) groups excluding carboxylic acids is 1. The summed E-state index contributed by atoms with van der Waals surface area (Å²) in [6.45, 7) is 3.93. The van der Waals surface area contributed by atoms with E-state index in [9.17, 15) is 4.79 Å². The number of ether oxygens (including phenoxy) is 1. The maximum Gasteiger partial charge on any atom is 0.277 e. The molecule has 0 aliphatic carbocycles. The van der Waals surface area contributed by atoms with Crippen molar-refractivity contribution < 1.29 is 9.53 Å². The van der Waals surface area contributed by atoms with Crippen LogP contribution in [0.1, 0.15) is 16.7 Å². The standard InChI is InChI=1S/C15H16N2O2S/c1-11-5-12(2)7-14(6-11)19-9-15(18)17-16-8-13-3-4-20-10-13/h3-8,10H,9H2,1-2H3,(H,17,18)/b16-8-. The molecule has 0 fully saturated rings. The van der Waals surface area contributed by atoms with E-state index in [-0.39, 0.29) is 12.5 Å². The number of thiophene rings is 1. The fourth-order valence-corrected chi connectivity index (χ4v) is 2.34. The molecule has 1 amide bonds. The zero-order valence-electron chi connectivity index (χ0n) is 11.4. The van der Waals surface area contributed by atoms with Gasteiger partial charge in [-0.15, -0.1) is 0 Å².